The predicted molar refractivity (Wildman–Crippen MR) is 97.5 cm³/mol. The molecule has 0 spiro atoms. The molecule has 1 aliphatic heterocycles. The van der Waals surface area contributed by atoms with Gasteiger partial charge in [0.05, 0.1) is 18.3 Å². The summed E-state index contributed by atoms with van der Waals surface area (Å²) >= 11 is 1.50. The van der Waals surface area contributed by atoms with Crippen molar-refractivity contribution >= 4 is 11.5 Å². The Balaban J connectivity index is 1.47. The summed E-state index contributed by atoms with van der Waals surface area (Å²) in [6.45, 7) is 1.67. The van der Waals surface area contributed by atoms with E-state index in [2.05, 4.69) is 58.2 Å². The smallest absolute Gasteiger partial charge is 0.122 e. The van der Waals surface area contributed by atoms with E-state index < -0.39 is 0 Å². The van der Waals surface area contributed by atoms with Crippen molar-refractivity contribution in [1.82, 2.24) is 9.69 Å². The highest BCUT2D eigenvalue weighted by Gasteiger charge is 2.22. The summed E-state index contributed by atoms with van der Waals surface area (Å²) in [4.78, 5) is 0. The lowest BCUT2D eigenvalue weighted by molar-refractivity contribution is 0.216. The Morgan fingerprint density at radius 2 is 1.92 bits per heavy atom. The van der Waals surface area contributed by atoms with Crippen LogP contribution in [0.3, 0.4) is 0 Å². The minimum Gasteiger partial charge on any atom is -0.493 e. The summed E-state index contributed by atoms with van der Waals surface area (Å²) in [6, 6.07) is 21.1. The molecule has 0 saturated carbocycles. The zero-order valence-electron chi connectivity index (χ0n) is 13.4. The summed E-state index contributed by atoms with van der Waals surface area (Å²) in [5, 5.41) is 5.74. The van der Waals surface area contributed by atoms with E-state index in [9.17, 15) is 0 Å². The lowest BCUT2D eigenvalue weighted by Gasteiger charge is -2.27. The molecule has 0 saturated heterocycles. The quantitative estimate of drug-likeness (QED) is 0.762. The van der Waals surface area contributed by atoms with Crippen LogP contribution in [0.4, 0.5) is 0 Å². The molecule has 0 aliphatic carbocycles. The fourth-order valence-electron chi connectivity index (χ4n) is 3.22. The normalized spacial score (nSPS) is 17.8. The Morgan fingerprint density at radius 3 is 2.75 bits per heavy atom. The molecule has 2 unspecified atom stereocenters. The van der Waals surface area contributed by atoms with Crippen LogP contribution in [0.5, 0.6) is 5.75 Å². The van der Waals surface area contributed by atoms with Crippen molar-refractivity contribution in [3.63, 3.8) is 0 Å². The summed E-state index contributed by atoms with van der Waals surface area (Å²) in [5.41, 5.74) is 3.64. The van der Waals surface area contributed by atoms with E-state index in [1.54, 1.807) is 0 Å². The summed E-state index contributed by atoms with van der Waals surface area (Å²) in [6.07, 6.45) is 1.06. The molecular formula is C20H20N2OS. The van der Waals surface area contributed by atoms with Crippen molar-refractivity contribution in [2.45, 2.75) is 12.5 Å². The predicted octanol–water partition coefficient (Wildman–Crippen LogP) is 4.07. The standard InChI is InChI=1S/C20H20N2OS/c1-2-6-16(7-3-1)20(18-10-11-24-22-18)21-13-15-12-17-8-4-5-9-19(17)23-14-15/h1-11,15,20-21H,12-14H2. The molecule has 4 heteroatoms. The van der Waals surface area contributed by atoms with Crippen molar-refractivity contribution in [3.05, 3.63) is 82.9 Å². The maximum absolute atomic E-state index is 5.91. The fourth-order valence-corrected chi connectivity index (χ4v) is 3.77. The third kappa shape index (κ3) is 3.35. The van der Waals surface area contributed by atoms with Gasteiger partial charge in [0.2, 0.25) is 0 Å². The first kappa shape index (κ1) is 15.4. The average Bonchev–Trinajstić information content (AvgIpc) is 3.17. The number of para-hydroxylation sites is 1. The molecule has 3 nitrogen and oxygen atoms in total. The van der Waals surface area contributed by atoms with Crippen LogP contribution in [0.2, 0.25) is 0 Å². The van der Waals surface area contributed by atoms with Crippen LogP contribution < -0.4 is 10.1 Å². The summed E-state index contributed by atoms with van der Waals surface area (Å²) < 4.78 is 10.5. The van der Waals surface area contributed by atoms with Crippen molar-refractivity contribution in [2.24, 2.45) is 5.92 Å². The molecule has 4 rings (SSSR count). The summed E-state index contributed by atoms with van der Waals surface area (Å²) in [7, 11) is 0. The Bertz CT molecular complexity index is 773. The van der Waals surface area contributed by atoms with E-state index in [1.807, 2.05) is 17.5 Å². The molecule has 3 aromatic rings. The minimum absolute atomic E-state index is 0.134. The molecule has 24 heavy (non-hydrogen) atoms. The first-order valence-electron chi connectivity index (χ1n) is 8.29. The zero-order chi connectivity index (χ0) is 16.2. The van der Waals surface area contributed by atoms with Gasteiger partial charge in [-0.15, -0.1) is 0 Å². The monoisotopic (exact) mass is 336 g/mol. The Kier molecular flexibility index (Phi) is 4.58. The van der Waals surface area contributed by atoms with Crippen LogP contribution in [0.25, 0.3) is 0 Å². The minimum atomic E-state index is 0.134. The Morgan fingerprint density at radius 1 is 1.08 bits per heavy atom. The highest BCUT2D eigenvalue weighted by Crippen LogP contribution is 2.27. The van der Waals surface area contributed by atoms with E-state index in [1.165, 1.54) is 22.7 Å². The Hall–Kier alpha value is -2.17. The lowest BCUT2D eigenvalue weighted by Crippen LogP contribution is -2.34. The van der Waals surface area contributed by atoms with Gasteiger partial charge in [0.25, 0.3) is 0 Å². The number of hydrogen-bond donors (Lipinski definition) is 1. The van der Waals surface area contributed by atoms with E-state index in [-0.39, 0.29) is 6.04 Å². The molecule has 2 heterocycles. The second-order valence-corrected chi connectivity index (χ2v) is 6.83. The molecule has 2 atom stereocenters. The van der Waals surface area contributed by atoms with E-state index in [0.29, 0.717) is 5.92 Å². The van der Waals surface area contributed by atoms with Crippen LogP contribution in [-0.2, 0) is 6.42 Å². The van der Waals surface area contributed by atoms with Gasteiger partial charge in [-0.2, -0.15) is 4.37 Å². The zero-order valence-corrected chi connectivity index (χ0v) is 14.2. The lowest BCUT2D eigenvalue weighted by atomic mass is 9.95. The molecule has 1 aromatic heterocycles. The maximum atomic E-state index is 5.91. The van der Waals surface area contributed by atoms with Gasteiger partial charge in [0.15, 0.2) is 0 Å². The molecule has 0 radical (unpaired) electrons. The second kappa shape index (κ2) is 7.16. The molecule has 0 fully saturated rings. The highest BCUT2D eigenvalue weighted by molar-refractivity contribution is 7.03. The average molecular weight is 336 g/mol. The molecule has 122 valence electrons. The number of ether oxygens (including phenoxy) is 1. The number of hydrogen-bond acceptors (Lipinski definition) is 4. The van der Waals surface area contributed by atoms with Crippen molar-refractivity contribution < 1.29 is 4.74 Å². The van der Waals surface area contributed by atoms with Gasteiger partial charge >= 0.3 is 0 Å². The third-order valence-corrected chi connectivity index (χ3v) is 5.03. The van der Waals surface area contributed by atoms with E-state index >= 15 is 0 Å². The topological polar surface area (TPSA) is 34.1 Å². The van der Waals surface area contributed by atoms with Crippen LogP contribution in [0.15, 0.2) is 66.0 Å². The SMILES string of the molecule is c1ccc(C(NCC2COc3ccccc3C2)c2ccsn2)cc1. The van der Waals surface area contributed by atoms with Crippen molar-refractivity contribution in [3.8, 4) is 5.75 Å². The third-order valence-electron chi connectivity index (χ3n) is 4.45. The maximum Gasteiger partial charge on any atom is 0.122 e. The van der Waals surface area contributed by atoms with Crippen molar-refractivity contribution in [2.75, 3.05) is 13.2 Å². The van der Waals surface area contributed by atoms with E-state index in [4.69, 9.17) is 4.74 Å². The number of benzene rings is 2. The first-order valence-corrected chi connectivity index (χ1v) is 9.13. The van der Waals surface area contributed by atoms with Crippen LogP contribution in [-0.4, -0.2) is 17.5 Å². The number of fused-ring (bicyclic) bond motifs is 1. The second-order valence-electron chi connectivity index (χ2n) is 6.17. The highest BCUT2D eigenvalue weighted by atomic mass is 32.1. The van der Waals surface area contributed by atoms with Gasteiger partial charge in [-0.1, -0.05) is 48.5 Å². The Labute approximate surface area is 146 Å². The fraction of sp³-hybridized carbons (Fsp3) is 0.250. The van der Waals surface area contributed by atoms with E-state index in [0.717, 1.165) is 31.0 Å². The van der Waals surface area contributed by atoms with Crippen molar-refractivity contribution in [1.29, 1.82) is 0 Å². The molecule has 1 aliphatic rings. The van der Waals surface area contributed by atoms with Gasteiger partial charge in [-0.3, -0.25) is 0 Å². The number of nitrogens with one attached hydrogen (secondary N) is 1. The van der Waals surface area contributed by atoms with Crippen LogP contribution >= 0.6 is 11.5 Å². The number of aromatic nitrogens is 1. The van der Waals surface area contributed by atoms with Gasteiger partial charge in [0, 0.05) is 17.8 Å². The van der Waals surface area contributed by atoms with Gasteiger partial charge in [-0.25, -0.2) is 0 Å². The number of rotatable bonds is 5. The molecule has 0 bridgehead atoms. The number of nitrogens with zero attached hydrogens (tertiary/aromatic N) is 1. The largest absolute Gasteiger partial charge is 0.493 e. The van der Waals surface area contributed by atoms with Crippen LogP contribution in [0.1, 0.15) is 22.9 Å². The molecule has 0 amide bonds. The first-order chi connectivity index (χ1) is 11.9. The summed E-state index contributed by atoms with van der Waals surface area (Å²) in [5.74, 6) is 1.51. The van der Waals surface area contributed by atoms with Crippen LogP contribution in [0, 0.1) is 5.92 Å². The van der Waals surface area contributed by atoms with Gasteiger partial charge < -0.3 is 10.1 Å². The molecular weight excluding hydrogens is 316 g/mol. The van der Waals surface area contributed by atoms with Gasteiger partial charge in [0.1, 0.15) is 5.75 Å². The molecule has 2 aromatic carbocycles. The molecule has 1 N–H and O–H groups in total. The van der Waals surface area contributed by atoms with Gasteiger partial charge in [-0.05, 0) is 41.2 Å².